The van der Waals surface area contributed by atoms with Gasteiger partial charge in [0, 0.05) is 19.3 Å². The molecule has 0 bridgehead atoms. The van der Waals surface area contributed by atoms with Crippen LogP contribution in [0.4, 0.5) is 0 Å². The molecular weight excluding hydrogens is 282 g/mol. The molecule has 1 aliphatic heterocycles. The van der Waals surface area contributed by atoms with E-state index in [4.69, 9.17) is 14.0 Å². The minimum atomic E-state index is 0.152. The summed E-state index contributed by atoms with van der Waals surface area (Å²) in [6, 6.07) is 8.12. The first-order chi connectivity index (χ1) is 10.8. The quantitative estimate of drug-likeness (QED) is 0.910. The van der Waals surface area contributed by atoms with E-state index in [9.17, 15) is 0 Å². The minimum Gasteiger partial charge on any atom is -0.380 e. The van der Waals surface area contributed by atoms with E-state index in [0.717, 1.165) is 24.2 Å². The van der Waals surface area contributed by atoms with Crippen molar-refractivity contribution in [1.82, 2.24) is 15.5 Å². The molecule has 3 rings (SSSR count). The summed E-state index contributed by atoms with van der Waals surface area (Å²) in [4.78, 5) is 4.45. The normalized spacial score (nSPS) is 21.9. The Kier molecular flexibility index (Phi) is 4.82. The number of nitrogens with one attached hydrogen (secondary N) is 1. The lowest BCUT2D eigenvalue weighted by Crippen LogP contribution is -2.47. The number of nitrogens with zero attached hydrogens (tertiary/aromatic N) is 2. The Bertz CT molecular complexity index is 614. The third-order valence-corrected chi connectivity index (χ3v) is 3.96. The molecule has 118 valence electrons. The van der Waals surface area contributed by atoms with Gasteiger partial charge in [0.15, 0.2) is 5.82 Å². The fourth-order valence-electron chi connectivity index (χ4n) is 2.66. The molecule has 0 aliphatic carbocycles. The molecule has 0 saturated carbocycles. The van der Waals surface area contributed by atoms with E-state index in [-0.39, 0.29) is 12.1 Å². The van der Waals surface area contributed by atoms with Crippen LogP contribution in [0.2, 0.25) is 0 Å². The van der Waals surface area contributed by atoms with Crippen molar-refractivity contribution < 1.29 is 14.0 Å². The summed E-state index contributed by atoms with van der Waals surface area (Å²) in [6.45, 7) is 3.95. The highest BCUT2D eigenvalue weighted by Gasteiger charge is 2.25. The van der Waals surface area contributed by atoms with E-state index in [1.165, 1.54) is 0 Å². The largest absolute Gasteiger partial charge is 0.380 e. The lowest BCUT2D eigenvalue weighted by atomic mass is 10.1. The number of aryl methyl sites for hydroxylation is 1. The Hall–Kier alpha value is -1.76. The van der Waals surface area contributed by atoms with Gasteiger partial charge >= 0.3 is 0 Å². The third kappa shape index (κ3) is 3.35. The van der Waals surface area contributed by atoms with Crippen molar-refractivity contribution in [2.75, 3.05) is 20.3 Å². The summed E-state index contributed by atoms with van der Waals surface area (Å²) in [5.41, 5.74) is 2.09. The molecule has 6 nitrogen and oxygen atoms in total. The van der Waals surface area contributed by atoms with Crippen molar-refractivity contribution in [3.8, 4) is 11.5 Å². The van der Waals surface area contributed by atoms with Crippen LogP contribution in [-0.2, 0) is 16.0 Å². The zero-order valence-electron chi connectivity index (χ0n) is 12.9. The first-order valence-electron chi connectivity index (χ1n) is 7.50. The molecule has 6 heteroatoms. The fourth-order valence-corrected chi connectivity index (χ4v) is 2.66. The molecule has 1 aromatic heterocycles. The Morgan fingerprint density at radius 2 is 2.23 bits per heavy atom. The molecule has 1 N–H and O–H groups in total. The Morgan fingerprint density at radius 3 is 3.05 bits per heavy atom. The maximum atomic E-state index is 5.49. The maximum absolute atomic E-state index is 5.49. The Balaban J connectivity index is 1.63. The molecule has 0 amide bonds. The number of hydrogen-bond donors (Lipinski definition) is 1. The van der Waals surface area contributed by atoms with Crippen LogP contribution in [0.3, 0.4) is 0 Å². The van der Waals surface area contributed by atoms with Crippen LogP contribution >= 0.6 is 0 Å². The maximum Gasteiger partial charge on any atom is 0.258 e. The van der Waals surface area contributed by atoms with E-state index in [0.29, 0.717) is 24.9 Å². The highest BCUT2D eigenvalue weighted by Crippen LogP contribution is 2.21. The summed E-state index contributed by atoms with van der Waals surface area (Å²) < 4.78 is 16.3. The molecule has 2 aromatic rings. The highest BCUT2D eigenvalue weighted by atomic mass is 16.5. The molecule has 0 spiro atoms. The molecule has 0 unspecified atom stereocenters. The zero-order valence-corrected chi connectivity index (χ0v) is 12.9. The summed E-state index contributed by atoms with van der Waals surface area (Å²) in [6.07, 6.45) is 1.06. The lowest BCUT2D eigenvalue weighted by Gasteiger charge is -2.30. The van der Waals surface area contributed by atoms with Gasteiger partial charge in [-0.05, 0) is 25.0 Å². The summed E-state index contributed by atoms with van der Waals surface area (Å²) in [7, 11) is 1.73. The van der Waals surface area contributed by atoms with Gasteiger partial charge in [-0.1, -0.05) is 23.4 Å². The average Bonchev–Trinajstić information content (AvgIpc) is 3.02. The second-order valence-electron chi connectivity index (χ2n) is 5.46. The first-order valence-corrected chi connectivity index (χ1v) is 7.50. The summed E-state index contributed by atoms with van der Waals surface area (Å²) >= 11 is 0. The van der Waals surface area contributed by atoms with Crippen molar-refractivity contribution in [1.29, 1.82) is 0 Å². The van der Waals surface area contributed by atoms with Gasteiger partial charge < -0.3 is 19.3 Å². The van der Waals surface area contributed by atoms with Gasteiger partial charge in [0.2, 0.25) is 0 Å². The first kappa shape index (κ1) is 15.1. The topological polar surface area (TPSA) is 69.4 Å². The van der Waals surface area contributed by atoms with Crippen molar-refractivity contribution in [2.24, 2.45) is 0 Å². The number of benzene rings is 1. The lowest BCUT2D eigenvalue weighted by molar-refractivity contribution is -0.0375. The predicted octanol–water partition coefficient (Wildman–Crippen LogP) is 1.94. The number of methoxy groups -OCH3 is 1. The predicted molar refractivity (Wildman–Crippen MR) is 81.3 cm³/mol. The van der Waals surface area contributed by atoms with E-state index in [1.54, 1.807) is 7.11 Å². The highest BCUT2D eigenvalue weighted by molar-refractivity contribution is 5.57. The number of aromatic nitrogens is 2. The molecule has 22 heavy (non-hydrogen) atoms. The smallest absolute Gasteiger partial charge is 0.258 e. The van der Waals surface area contributed by atoms with Crippen molar-refractivity contribution in [3.05, 3.63) is 35.7 Å². The minimum absolute atomic E-state index is 0.152. The van der Waals surface area contributed by atoms with Gasteiger partial charge in [0.25, 0.3) is 5.89 Å². The third-order valence-electron chi connectivity index (χ3n) is 3.96. The molecule has 1 fully saturated rings. The van der Waals surface area contributed by atoms with Crippen molar-refractivity contribution in [2.45, 2.75) is 32.0 Å². The van der Waals surface area contributed by atoms with Crippen LogP contribution in [-0.4, -0.2) is 42.6 Å². The molecule has 1 saturated heterocycles. The second kappa shape index (κ2) is 7.00. The zero-order chi connectivity index (χ0) is 15.4. The summed E-state index contributed by atoms with van der Waals surface area (Å²) in [5, 5.41) is 7.42. The van der Waals surface area contributed by atoms with Gasteiger partial charge in [0.05, 0.1) is 25.3 Å². The average molecular weight is 303 g/mol. The van der Waals surface area contributed by atoms with Gasteiger partial charge in [-0.15, -0.1) is 0 Å². The molecule has 0 radical (unpaired) electrons. The van der Waals surface area contributed by atoms with Gasteiger partial charge in [0.1, 0.15) is 0 Å². The van der Waals surface area contributed by atoms with Crippen LogP contribution < -0.4 is 5.32 Å². The van der Waals surface area contributed by atoms with E-state index >= 15 is 0 Å². The molecule has 1 aromatic carbocycles. The van der Waals surface area contributed by atoms with Crippen LogP contribution in [0.5, 0.6) is 0 Å². The monoisotopic (exact) mass is 303 g/mol. The van der Waals surface area contributed by atoms with Gasteiger partial charge in [-0.3, -0.25) is 0 Å². The summed E-state index contributed by atoms with van der Waals surface area (Å²) in [5.74, 6) is 1.19. The second-order valence-corrected chi connectivity index (χ2v) is 5.46. The fraction of sp³-hybridized carbons (Fsp3) is 0.500. The van der Waals surface area contributed by atoms with E-state index < -0.39 is 0 Å². The Morgan fingerprint density at radius 1 is 1.36 bits per heavy atom. The SMILES string of the molecule is CO[C@@H]1CCOC[C@H]1NCc1noc(-c2ccccc2C)n1. The van der Waals surface area contributed by atoms with Crippen LogP contribution in [0.25, 0.3) is 11.5 Å². The molecule has 1 aliphatic rings. The van der Waals surface area contributed by atoms with Crippen molar-refractivity contribution >= 4 is 0 Å². The van der Waals surface area contributed by atoms with E-state index in [1.807, 2.05) is 31.2 Å². The number of ether oxygens (including phenoxy) is 2. The van der Waals surface area contributed by atoms with Crippen LogP contribution in [0.1, 0.15) is 17.8 Å². The van der Waals surface area contributed by atoms with E-state index in [2.05, 4.69) is 15.5 Å². The van der Waals surface area contributed by atoms with Crippen LogP contribution in [0.15, 0.2) is 28.8 Å². The molecule has 2 atom stereocenters. The standard InChI is InChI=1S/C16H21N3O3/c1-11-5-3-4-6-12(11)16-18-15(19-22-16)9-17-13-10-21-8-7-14(13)20-2/h3-6,13-14,17H,7-10H2,1-2H3/t13-,14-/m1/s1. The van der Waals surface area contributed by atoms with Gasteiger partial charge in [-0.25, -0.2) is 0 Å². The van der Waals surface area contributed by atoms with Crippen LogP contribution in [0, 0.1) is 6.92 Å². The Labute approximate surface area is 129 Å². The van der Waals surface area contributed by atoms with Crippen molar-refractivity contribution in [3.63, 3.8) is 0 Å². The number of rotatable bonds is 5. The molecule has 2 heterocycles. The van der Waals surface area contributed by atoms with Gasteiger partial charge in [-0.2, -0.15) is 4.98 Å². The number of hydrogen-bond acceptors (Lipinski definition) is 6. The molecular formula is C16H21N3O3.